The van der Waals surface area contributed by atoms with Crippen LogP contribution >= 0.6 is 0 Å². The van der Waals surface area contributed by atoms with Crippen molar-refractivity contribution < 1.29 is 0 Å². The van der Waals surface area contributed by atoms with E-state index in [1.807, 2.05) is 0 Å². The molecule has 3 rings (SSSR count). The largest absolute Gasteiger partial charge is 0.313 e. The molecule has 0 aliphatic carbocycles. The van der Waals surface area contributed by atoms with Crippen molar-refractivity contribution in [2.24, 2.45) is 0 Å². The molecular formula is C28H41N. The van der Waals surface area contributed by atoms with Crippen LogP contribution in [0.2, 0.25) is 0 Å². The molecule has 0 saturated carbocycles. The Bertz CT molecular complexity index is 807. The van der Waals surface area contributed by atoms with Crippen LogP contribution in [0, 0.1) is 13.8 Å². The average molecular weight is 392 g/mol. The second kappa shape index (κ2) is 7.58. The molecule has 2 aromatic rings. The van der Waals surface area contributed by atoms with Gasteiger partial charge in [-0.25, -0.2) is 0 Å². The predicted molar refractivity (Wildman–Crippen MR) is 127 cm³/mol. The quantitative estimate of drug-likeness (QED) is 0.596. The van der Waals surface area contributed by atoms with Crippen LogP contribution in [0.4, 0.5) is 0 Å². The first kappa shape index (κ1) is 22.1. The maximum Gasteiger partial charge on any atom is 0.0328 e. The Morgan fingerprint density at radius 3 is 1.41 bits per heavy atom. The number of aryl methyl sites for hydroxylation is 2. The normalized spacial score (nSPS) is 18.3. The monoisotopic (exact) mass is 391 g/mol. The third kappa shape index (κ3) is 4.45. The summed E-state index contributed by atoms with van der Waals surface area (Å²) in [5, 5.41) is 3.85. The van der Waals surface area contributed by atoms with Crippen molar-refractivity contribution >= 4 is 0 Å². The third-order valence-electron chi connectivity index (χ3n) is 6.84. The van der Waals surface area contributed by atoms with Gasteiger partial charge < -0.3 is 5.32 Å². The molecule has 1 aliphatic heterocycles. The van der Waals surface area contributed by atoms with Crippen LogP contribution in [-0.4, -0.2) is 12.6 Å². The zero-order valence-electron chi connectivity index (χ0n) is 20.2. The van der Waals surface area contributed by atoms with Crippen molar-refractivity contribution in [2.45, 2.75) is 97.4 Å². The van der Waals surface area contributed by atoms with Gasteiger partial charge in [-0.05, 0) is 73.2 Å². The van der Waals surface area contributed by atoms with Gasteiger partial charge in [0.1, 0.15) is 0 Å². The summed E-state index contributed by atoms with van der Waals surface area (Å²) in [5.74, 6) is 0. The molecule has 0 aromatic heterocycles. The fourth-order valence-electron chi connectivity index (χ4n) is 4.78. The molecule has 1 heterocycles. The van der Waals surface area contributed by atoms with E-state index in [1.165, 1.54) is 46.2 Å². The average Bonchev–Trinajstić information content (AvgIpc) is 3.13. The number of benzene rings is 2. The lowest BCUT2D eigenvalue weighted by Gasteiger charge is -2.39. The van der Waals surface area contributed by atoms with Gasteiger partial charge in [0, 0.05) is 11.5 Å². The van der Waals surface area contributed by atoms with Crippen molar-refractivity contribution in [1.29, 1.82) is 0 Å². The Morgan fingerprint density at radius 1 is 0.655 bits per heavy atom. The molecule has 0 radical (unpaired) electrons. The predicted octanol–water partition coefficient (Wildman–Crippen LogP) is 6.96. The highest BCUT2D eigenvalue weighted by Crippen LogP contribution is 2.42. The highest BCUT2D eigenvalue weighted by Gasteiger charge is 2.40. The standard InChI is InChI=1S/C28H41N/c1-19-13-21(26(3,4)5)17-23(15-19)28(9,25-11-10-12-29-25)24-16-20(2)14-22(18-24)27(6,7)8/h13-18,25,29H,10-12H2,1-9H3/t25-/m1/s1. The minimum absolute atomic E-state index is 0.0471. The van der Waals surface area contributed by atoms with Crippen LogP contribution in [0.25, 0.3) is 0 Å². The zero-order chi connectivity index (χ0) is 21.6. The Balaban J connectivity index is 2.27. The van der Waals surface area contributed by atoms with Gasteiger partial charge in [0.05, 0.1) is 0 Å². The molecule has 1 atom stereocenters. The highest BCUT2D eigenvalue weighted by molar-refractivity contribution is 5.48. The topological polar surface area (TPSA) is 12.0 Å². The Kier molecular flexibility index (Phi) is 5.78. The Morgan fingerprint density at radius 2 is 1.07 bits per heavy atom. The fraction of sp³-hybridized carbons (Fsp3) is 0.571. The van der Waals surface area contributed by atoms with Gasteiger partial charge in [0.2, 0.25) is 0 Å². The summed E-state index contributed by atoms with van der Waals surface area (Å²) < 4.78 is 0. The molecule has 1 heteroatoms. The molecule has 1 saturated heterocycles. The van der Waals surface area contributed by atoms with Gasteiger partial charge in [0.15, 0.2) is 0 Å². The minimum atomic E-state index is -0.0471. The van der Waals surface area contributed by atoms with E-state index < -0.39 is 0 Å². The highest BCUT2D eigenvalue weighted by atomic mass is 15.0. The fourth-order valence-corrected chi connectivity index (χ4v) is 4.78. The van der Waals surface area contributed by atoms with Crippen LogP contribution in [0.3, 0.4) is 0 Å². The molecule has 2 aromatic carbocycles. The summed E-state index contributed by atoms with van der Waals surface area (Å²) in [6.07, 6.45) is 2.49. The third-order valence-corrected chi connectivity index (χ3v) is 6.84. The molecule has 1 aliphatic rings. The first-order valence-electron chi connectivity index (χ1n) is 11.3. The van der Waals surface area contributed by atoms with Crippen LogP contribution in [0.5, 0.6) is 0 Å². The van der Waals surface area contributed by atoms with E-state index in [2.05, 4.69) is 104 Å². The molecule has 29 heavy (non-hydrogen) atoms. The van der Waals surface area contributed by atoms with Crippen molar-refractivity contribution in [1.82, 2.24) is 5.32 Å². The van der Waals surface area contributed by atoms with Crippen LogP contribution in [0.1, 0.15) is 94.7 Å². The SMILES string of the molecule is Cc1cc(C(C)(C)C)cc(C(C)(c2cc(C)cc(C(C)(C)C)c2)[C@H]2CCCN2)c1. The second-order valence-electron chi connectivity index (χ2n) is 11.5. The number of rotatable bonds is 3. The molecule has 1 fully saturated rings. The van der Waals surface area contributed by atoms with E-state index in [1.54, 1.807) is 0 Å². The molecule has 1 nitrogen and oxygen atoms in total. The number of hydrogen-bond acceptors (Lipinski definition) is 1. The van der Waals surface area contributed by atoms with Gasteiger partial charge in [-0.2, -0.15) is 0 Å². The lowest BCUT2D eigenvalue weighted by Crippen LogP contribution is -2.44. The lowest BCUT2D eigenvalue weighted by atomic mass is 9.67. The van der Waals surface area contributed by atoms with E-state index in [-0.39, 0.29) is 16.2 Å². The van der Waals surface area contributed by atoms with Gasteiger partial charge in [-0.3, -0.25) is 0 Å². The Labute approximate surface area is 179 Å². The van der Waals surface area contributed by atoms with Crippen molar-refractivity contribution in [3.63, 3.8) is 0 Å². The minimum Gasteiger partial charge on any atom is -0.313 e. The van der Waals surface area contributed by atoms with Crippen LogP contribution in [0.15, 0.2) is 36.4 Å². The maximum atomic E-state index is 3.85. The summed E-state index contributed by atoms with van der Waals surface area (Å²) in [7, 11) is 0. The first-order valence-corrected chi connectivity index (χ1v) is 11.3. The lowest BCUT2D eigenvalue weighted by molar-refractivity contribution is 0.404. The van der Waals surface area contributed by atoms with E-state index in [9.17, 15) is 0 Å². The number of hydrogen-bond donors (Lipinski definition) is 1. The molecule has 0 amide bonds. The second-order valence-corrected chi connectivity index (χ2v) is 11.5. The molecule has 0 unspecified atom stereocenters. The van der Waals surface area contributed by atoms with Crippen molar-refractivity contribution in [3.05, 3.63) is 69.8 Å². The zero-order valence-corrected chi connectivity index (χ0v) is 20.2. The molecule has 158 valence electrons. The molecule has 0 spiro atoms. The van der Waals surface area contributed by atoms with Gasteiger partial charge >= 0.3 is 0 Å². The Hall–Kier alpha value is -1.60. The number of nitrogens with one attached hydrogen (secondary N) is 1. The summed E-state index contributed by atoms with van der Waals surface area (Å²) in [4.78, 5) is 0. The van der Waals surface area contributed by atoms with Crippen molar-refractivity contribution in [2.75, 3.05) is 6.54 Å². The molecule has 1 N–H and O–H groups in total. The smallest absolute Gasteiger partial charge is 0.0328 e. The van der Waals surface area contributed by atoms with Crippen LogP contribution in [-0.2, 0) is 16.2 Å². The molecular weight excluding hydrogens is 350 g/mol. The summed E-state index contributed by atoms with van der Waals surface area (Å²) in [6.45, 7) is 22.0. The van der Waals surface area contributed by atoms with Gasteiger partial charge in [-0.15, -0.1) is 0 Å². The summed E-state index contributed by atoms with van der Waals surface area (Å²) in [5.41, 5.74) is 8.73. The maximum absolute atomic E-state index is 3.85. The summed E-state index contributed by atoms with van der Waals surface area (Å²) in [6, 6.07) is 15.0. The van der Waals surface area contributed by atoms with E-state index >= 15 is 0 Å². The van der Waals surface area contributed by atoms with Crippen LogP contribution < -0.4 is 5.32 Å². The first-order chi connectivity index (χ1) is 13.3. The van der Waals surface area contributed by atoms with E-state index in [4.69, 9.17) is 0 Å². The molecule has 0 bridgehead atoms. The van der Waals surface area contributed by atoms with Gasteiger partial charge in [0.25, 0.3) is 0 Å². The van der Waals surface area contributed by atoms with Gasteiger partial charge in [-0.1, -0.05) is 89.1 Å². The summed E-state index contributed by atoms with van der Waals surface area (Å²) >= 11 is 0. The van der Waals surface area contributed by atoms with Crippen molar-refractivity contribution in [3.8, 4) is 0 Å². The van der Waals surface area contributed by atoms with E-state index in [0.29, 0.717) is 6.04 Å². The van der Waals surface area contributed by atoms with E-state index in [0.717, 1.165) is 6.54 Å².